The van der Waals surface area contributed by atoms with E-state index in [1.807, 2.05) is 6.58 Å². The second-order valence-electron chi connectivity index (χ2n) is 2.39. The molecule has 0 aliphatic heterocycles. The van der Waals surface area contributed by atoms with Crippen LogP contribution in [0.4, 0.5) is 35.1 Å². The molecule has 9 heteroatoms. The van der Waals surface area contributed by atoms with Crippen molar-refractivity contribution in [2.45, 2.75) is 18.0 Å². The lowest BCUT2D eigenvalue weighted by molar-refractivity contribution is -0.393. The summed E-state index contributed by atoms with van der Waals surface area (Å²) in [7, 11) is 0. The van der Waals surface area contributed by atoms with E-state index in [0.717, 1.165) is 0 Å². The molecular formula is C6H4F8O. The van der Waals surface area contributed by atoms with Crippen molar-refractivity contribution in [3.63, 3.8) is 0 Å². The van der Waals surface area contributed by atoms with Gasteiger partial charge in [0.05, 0.1) is 0 Å². The van der Waals surface area contributed by atoms with Crippen LogP contribution in [0.3, 0.4) is 0 Å². The molecule has 0 bridgehead atoms. The predicted molar refractivity (Wildman–Crippen MR) is 32.1 cm³/mol. The van der Waals surface area contributed by atoms with Gasteiger partial charge in [0.2, 0.25) is 0 Å². The van der Waals surface area contributed by atoms with Gasteiger partial charge < -0.3 is 4.74 Å². The van der Waals surface area contributed by atoms with Crippen LogP contribution in [0.15, 0.2) is 12.6 Å². The van der Waals surface area contributed by atoms with E-state index in [4.69, 9.17) is 0 Å². The zero-order valence-corrected chi connectivity index (χ0v) is 6.85. The second-order valence-corrected chi connectivity index (χ2v) is 2.39. The zero-order chi connectivity index (χ0) is 12.5. The molecule has 0 aromatic rings. The van der Waals surface area contributed by atoms with Gasteiger partial charge in [-0.15, -0.1) is 0 Å². The van der Waals surface area contributed by atoms with Crippen molar-refractivity contribution in [1.82, 2.24) is 0 Å². The minimum atomic E-state index is -6.19. The molecule has 0 saturated carbocycles. The van der Waals surface area contributed by atoms with E-state index in [0.29, 0.717) is 0 Å². The summed E-state index contributed by atoms with van der Waals surface area (Å²) in [5, 5.41) is 0. The summed E-state index contributed by atoms with van der Waals surface area (Å²) in [6.07, 6.45) is -5.89. The van der Waals surface area contributed by atoms with Gasteiger partial charge in [0.25, 0.3) is 6.01 Å². The molecular weight excluding hydrogens is 240 g/mol. The molecule has 1 nitrogen and oxygen atoms in total. The first-order chi connectivity index (χ1) is 6.48. The van der Waals surface area contributed by atoms with Crippen molar-refractivity contribution in [3.05, 3.63) is 12.6 Å². The van der Waals surface area contributed by atoms with Crippen molar-refractivity contribution in [2.24, 2.45) is 0 Å². The third-order valence-corrected chi connectivity index (χ3v) is 1.23. The third-order valence-electron chi connectivity index (χ3n) is 1.23. The molecule has 0 atom stereocenters. The summed E-state index contributed by atoms with van der Waals surface area (Å²) in [4.78, 5) is 0. The van der Waals surface area contributed by atoms with E-state index < -0.39 is 30.6 Å². The molecule has 0 spiro atoms. The van der Waals surface area contributed by atoms with E-state index in [2.05, 4.69) is 4.74 Å². The summed E-state index contributed by atoms with van der Waals surface area (Å²) >= 11 is 0. The van der Waals surface area contributed by atoms with Crippen LogP contribution in [0.5, 0.6) is 0 Å². The van der Waals surface area contributed by atoms with Crippen LogP contribution in [0, 0.1) is 0 Å². The second kappa shape index (κ2) is 3.86. The fraction of sp³-hybridized carbons (Fsp3) is 0.667. The highest BCUT2D eigenvalue weighted by atomic mass is 19.4. The van der Waals surface area contributed by atoms with Crippen molar-refractivity contribution in [2.75, 3.05) is 6.67 Å². The Morgan fingerprint density at radius 2 is 1.47 bits per heavy atom. The maximum atomic E-state index is 12.3. The molecule has 0 aromatic heterocycles. The summed E-state index contributed by atoms with van der Waals surface area (Å²) in [6, 6.07) is -2.39. The van der Waals surface area contributed by atoms with Crippen LogP contribution < -0.4 is 0 Å². The lowest BCUT2D eigenvalue weighted by Gasteiger charge is -2.29. The van der Waals surface area contributed by atoms with E-state index in [9.17, 15) is 35.1 Å². The lowest BCUT2D eigenvalue weighted by atomic mass is 10.2. The molecule has 90 valence electrons. The molecule has 0 amide bonds. The average molecular weight is 244 g/mol. The summed E-state index contributed by atoms with van der Waals surface area (Å²) < 4.78 is 98.6. The van der Waals surface area contributed by atoms with Crippen LogP contribution >= 0.6 is 0 Å². The molecule has 0 aromatic carbocycles. The molecule has 0 rings (SSSR count). The largest absolute Gasteiger partial charge is 0.472 e. The number of hydrogen-bond donors (Lipinski definition) is 0. The van der Waals surface area contributed by atoms with E-state index in [-0.39, 0.29) is 0 Å². The average Bonchev–Trinajstić information content (AvgIpc) is 2.01. The fourth-order valence-corrected chi connectivity index (χ4v) is 0.500. The van der Waals surface area contributed by atoms with Crippen molar-refractivity contribution < 1.29 is 39.9 Å². The molecule has 0 N–H and O–H groups in total. The molecule has 0 aliphatic rings. The van der Waals surface area contributed by atoms with Crippen molar-refractivity contribution >= 4 is 0 Å². The van der Waals surface area contributed by atoms with Gasteiger partial charge in [-0.05, 0) is 6.58 Å². The first-order valence-electron chi connectivity index (χ1n) is 3.21. The molecule has 15 heavy (non-hydrogen) atoms. The quantitative estimate of drug-likeness (QED) is 0.532. The van der Waals surface area contributed by atoms with Gasteiger partial charge in [-0.1, -0.05) is 0 Å². The number of alkyl halides is 7. The predicted octanol–water partition coefficient (Wildman–Crippen LogP) is 3.28. The van der Waals surface area contributed by atoms with Crippen LogP contribution in [0.2, 0.25) is 0 Å². The number of ether oxygens (including phenoxy) is 1. The monoisotopic (exact) mass is 244 g/mol. The molecule has 0 unspecified atom stereocenters. The number of halogens is 8. The minimum absolute atomic E-state index is 2.02. The molecule has 0 heterocycles. The molecule has 0 aliphatic carbocycles. The summed E-state index contributed by atoms with van der Waals surface area (Å²) in [5.74, 6) is -11.9. The van der Waals surface area contributed by atoms with Crippen LogP contribution in [0.25, 0.3) is 0 Å². The number of hydrogen-bond acceptors (Lipinski definition) is 1. The van der Waals surface area contributed by atoms with Crippen LogP contribution in [-0.2, 0) is 4.74 Å². The third kappa shape index (κ3) is 2.51. The Morgan fingerprint density at radius 3 is 1.73 bits per heavy atom. The highest BCUT2D eigenvalue weighted by Crippen LogP contribution is 2.47. The maximum Gasteiger partial charge on any atom is 0.472 e. The SMILES string of the molecule is C=C(F)OC(F)(F)C(F)(F)C(F)(F)CF. The van der Waals surface area contributed by atoms with E-state index in [1.165, 1.54) is 0 Å². The Kier molecular flexibility index (Phi) is 3.59. The fourth-order valence-electron chi connectivity index (χ4n) is 0.500. The highest BCUT2D eigenvalue weighted by Gasteiger charge is 2.74. The lowest BCUT2D eigenvalue weighted by Crippen LogP contribution is -2.56. The Hall–Kier alpha value is -1.02. The zero-order valence-electron chi connectivity index (χ0n) is 6.85. The van der Waals surface area contributed by atoms with E-state index >= 15 is 0 Å². The molecule has 0 fully saturated rings. The molecule has 0 saturated heterocycles. The smallest absolute Gasteiger partial charge is 0.402 e. The Bertz CT molecular complexity index is 248. The van der Waals surface area contributed by atoms with Gasteiger partial charge in [0, 0.05) is 0 Å². The van der Waals surface area contributed by atoms with Crippen molar-refractivity contribution in [3.8, 4) is 0 Å². The summed E-state index contributed by atoms with van der Waals surface area (Å²) in [5.41, 5.74) is 0. The Labute approximate surface area is 78.3 Å². The highest BCUT2D eigenvalue weighted by molar-refractivity contribution is 4.93. The minimum Gasteiger partial charge on any atom is -0.402 e. The van der Waals surface area contributed by atoms with Gasteiger partial charge in [-0.2, -0.15) is 30.7 Å². The molecule has 0 radical (unpaired) electrons. The van der Waals surface area contributed by atoms with Crippen LogP contribution in [-0.4, -0.2) is 24.6 Å². The van der Waals surface area contributed by atoms with Crippen LogP contribution in [0.1, 0.15) is 0 Å². The van der Waals surface area contributed by atoms with Gasteiger partial charge in [0.15, 0.2) is 6.67 Å². The normalized spacial score (nSPS) is 13.9. The van der Waals surface area contributed by atoms with Gasteiger partial charge in [-0.25, -0.2) is 4.39 Å². The standard InChI is InChI=1S/C6H4F8O/c1-3(8)15-6(13,14)5(11,12)4(9,10)2-7/h1-2H2. The van der Waals surface area contributed by atoms with Gasteiger partial charge in [0.1, 0.15) is 0 Å². The first-order valence-corrected chi connectivity index (χ1v) is 3.21. The number of rotatable bonds is 5. The Morgan fingerprint density at radius 1 is 1.07 bits per heavy atom. The van der Waals surface area contributed by atoms with Gasteiger partial charge >= 0.3 is 18.0 Å². The summed E-state index contributed by atoms with van der Waals surface area (Å²) in [6.45, 7) is -1.02. The topological polar surface area (TPSA) is 9.23 Å². The first kappa shape index (κ1) is 14.0. The van der Waals surface area contributed by atoms with Gasteiger partial charge in [-0.3, -0.25) is 0 Å². The van der Waals surface area contributed by atoms with Crippen molar-refractivity contribution in [1.29, 1.82) is 0 Å². The van der Waals surface area contributed by atoms with E-state index in [1.54, 1.807) is 0 Å². The maximum absolute atomic E-state index is 12.3. The Balaban J connectivity index is 5.08.